The molecule has 0 aliphatic heterocycles. The lowest BCUT2D eigenvalue weighted by molar-refractivity contribution is -0.159. The molecule has 0 aliphatic rings. The lowest BCUT2D eigenvalue weighted by atomic mass is 10.0. The van der Waals surface area contributed by atoms with Crippen LogP contribution in [0.25, 0.3) is 0 Å². The van der Waals surface area contributed by atoms with Crippen LogP contribution in [0.4, 0.5) is 0 Å². The van der Waals surface area contributed by atoms with Crippen LogP contribution in [0.5, 0.6) is 0 Å². The van der Waals surface area contributed by atoms with Crippen molar-refractivity contribution in [2.24, 2.45) is 0 Å². The Morgan fingerprint density at radius 1 is 0.844 bits per heavy atom. The van der Waals surface area contributed by atoms with E-state index >= 15 is 0 Å². The summed E-state index contributed by atoms with van der Waals surface area (Å²) < 4.78 is 0. The van der Waals surface area contributed by atoms with Crippen LogP contribution in [0, 0.1) is 0 Å². The number of unbranched alkanes of at least 4 members (excludes halogenated alkanes) is 3. The van der Waals surface area contributed by atoms with E-state index in [4.69, 9.17) is 31.4 Å². The van der Waals surface area contributed by atoms with Crippen LogP contribution in [-0.4, -0.2) is 51.4 Å². The number of hydrogen-bond acceptors (Lipinski definition) is 5. The van der Waals surface area contributed by atoms with Gasteiger partial charge >= 0.3 is 17.9 Å². The number of aliphatic carboxylic acids is 2. The number of aliphatic hydroxyl groups excluding tert-OH is 1. The quantitative estimate of drug-likeness (QED) is 0.250. The number of aliphatic hydroxyl groups is 1. The van der Waals surface area contributed by atoms with Crippen molar-refractivity contribution >= 4 is 29.5 Å². The average molecular weight is 466 g/mol. The zero-order chi connectivity index (χ0) is 23.9. The summed E-state index contributed by atoms with van der Waals surface area (Å²) in [5.74, 6) is -4.51. The summed E-state index contributed by atoms with van der Waals surface area (Å²) in [6.07, 6.45) is 4.33. The summed E-state index contributed by atoms with van der Waals surface area (Å²) >= 11 is 6.07. The molecule has 9 heteroatoms. The fourth-order valence-electron chi connectivity index (χ4n) is 2.96. The number of aromatic carboxylic acids is 1. The van der Waals surface area contributed by atoms with Crippen molar-refractivity contribution in [1.29, 1.82) is 0 Å². The Kier molecular flexibility index (Phi) is 12.7. The minimum atomic E-state index is -1.82. The zero-order valence-corrected chi connectivity index (χ0v) is 18.3. The number of halogens is 1. The van der Waals surface area contributed by atoms with Gasteiger partial charge in [-0.3, -0.25) is 0 Å². The van der Waals surface area contributed by atoms with E-state index in [9.17, 15) is 15.0 Å². The van der Waals surface area contributed by atoms with Crippen LogP contribution in [0.1, 0.15) is 53.3 Å². The summed E-state index contributed by atoms with van der Waals surface area (Å²) in [5.41, 5.74) is 2.06. The molecular weight excluding hydrogens is 438 g/mol. The highest BCUT2D eigenvalue weighted by atomic mass is 35.5. The summed E-state index contributed by atoms with van der Waals surface area (Å²) in [6.45, 7) is 1.32. The lowest BCUT2D eigenvalue weighted by Crippen LogP contribution is -2.22. The van der Waals surface area contributed by atoms with E-state index in [1.807, 2.05) is 30.3 Å². The molecule has 0 bridgehead atoms. The number of carboxylic acids is 3. The monoisotopic (exact) mass is 465 g/mol. The molecule has 0 aromatic heterocycles. The maximum absolute atomic E-state index is 11.2. The van der Waals surface area contributed by atoms with Crippen molar-refractivity contribution in [3.63, 3.8) is 0 Å². The molecule has 0 fully saturated rings. The molecule has 0 spiro atoms. The Morgan fingerprint density at radius 2 is 1.44 bits per heavy atom. The number of carbonyl (C=O) groups is 3. The maximum atomic E-state index is 11.2. The zero-order valence-electron chi connectivity index (χ0n) is 17.5. The highest BCUT2D eigenvalue weighted by molar-refractivity contribution is 6.31. The minimum Gasteiger partial charge on any atom is -0.478 e. The van der Waals surface area contributed by atoms with Gasteiger partial charge in [0, 0.05) is 17.1 Å². The minimum absolute atomic E-state index is 0.405. The molecule has 1 atom stereocenters. The number of carboxylic acid groups (broad SMARTS) is 3. The Morgan fingerprint density at radius 3 is 2.06 bits per heavy atom. The number of nitrogens with one attached hydrogen (secondary N) is 1. The van der Waals surface area contributed by atoms with Gasteiger partial charge in [0.1, 0.15) is 0 Å². The Balaban J connectivity index is 0.000000751. The molecular formula is C23H28ClNO7. The van der Waals surface area contributed by atoms with Gasteiger partial charge in [-0.1, -0.05) is 60.8 Å². The SMILES string of the molecule is O=C(O)C(=O)O.O=C(O)c1ccccc1CCCCCCNCC(O)c1ccccc1Cl. The van der Waals surface area contributed by atoms with Crippen molar-refractivity contribution in [3.8, 4) is 0 Å². The molecule has 0 heterocycles. The van der Waals surface area contributed by atoms with E-state index in [0.717, 1.165) is 49.8 Å². The van der Waals surface area contributed by atoms with Crippen LogP contribution in [-0.2, 0) is 16.0 Å². The van der Waals surface area contributed by atoms with Crippen LogP contribution >= 0.6 is 11.6 Å². The number of rotatable bonds is 11. The van der Waals surface area contributed by atoms with E-state index in [1.165, 1.54) is 0 Å². The van der Waals surface area contributed by atoms with Crippen LogP contribution in [0.15, 0.2) is 48.5 Å². The predicted molar refractivity (Wildman–Crippen MR) is 120 cm³/mol. The van der Waals surface area contributed by atoms with E-state index < -0.39 is 24.0 Å². The number of hydrogen-bond donors (Lipinski definition) is 5. The summed E-state index contributed by atoms with van der Waals surface area (Å²) in [5, 5.41) is 37.9. The topological polar surface area (TPSA) is 144 Å². The first-order valence-corrected chi connectivity index (χ1v) is 10.5. The van der Waals surface area contributed by atoms with Gasteiger partial charge in [0.2, 0.25) is 0 Å². The van der Waals surface area contributed by atoms with Crippen LogP contribution < -0.4 is 5.32 Å². The summed E-state index contributed by atoms with van der Waals surface area (Å²) in [7, 11) is 0. The second-order valence-corrected chi connectivity index (χ2v) is 7.39. The molecule has 8 nitrogen and oxygen atoms in total. The second kappa shape index (κ2) is 15.0. The molecule has 0 radical (unpaired) electrons. The van der Waals surface area contributed by atoms with Gasteiger partial charge in [0.15, 0.2) is 0 Å². The van der Waals surface area contributed by atoms with Crippen molar-refractivity contribution in [2.75, 3.05) is 13.1 Å². The van der Waals surface area contributed by atoms with Crippen molar-refractivity contribution in [2.45, 2.75) is 38.2 Å². The highest BCUT2D eigenvalue weighted by Gasteiger charge is 2.10. The average Bonchev–Trinajstić information content (AvgIpc) is 2.76. The van der Waals surface area contributed by atoms with Gasteiger partial charge in [-0.2, -0.15) is 0 Å². The van der Waals surface area contributed by atoms with E-state index in [0.29, 0.717) is 17.1 Å². The van der Waals surface area contributed by atoms with Crippen molar-refractivity contribution in [1.82, 2.24) is 5.32 Å². The standard InChI is InChI=1S/C21H26ClNO3.C2H2O4/c22-19-13-7-6-12-18(19)20(24)15-23-14-8-2-1-3-9-16-10-4-5-11-17(16)21(25)26;3-1(4)2(5)6/h4-7,10-13,20,23-24H,1-3,8-9,14-15H2,(H,25,26);(H,3,4)(H,5,6). The van der Waals surface area contributed by atoms with E-state index in [2.05, 4.69) is 5.32 Å². The van der Waals surface area contributed by atoms with Crippen LogP contribution in [0.2, 0.25) is 5.02 Å². The fourth-order valence-corrected chi connectivity index (χ4v) is 3.22. The van der Waals surface area contributed by atoms with Gasteiger partial charge in [-0.25, -0.2) is 14.4 Å². The van der Waals surface area contributed by atoms with Crippen LogP contribution in [0.3, 0.4) is 0 Å². The maximum Gasteiger partial charge on any atom is 0.414 e. The first-order chi connectivity index (χ1) is 15.2. The first-order valence-electron chi connectivity index (χ1n) is 10.1. The molecule has 5 N–H and O–H groups in total. The molecule has 0 saturated heterocycles. The summed E-state index contributed by atoms with van der Waals surface area (Å²) in [4.78, 5) is 29.4. The van der Waals surface area contributed by atoms with E-state index in [1.54, 1.807) is 18.2 Å². The third kappa shape index (κ3) is 10.4. The van der Waals surface area contributed by atoms with Crippen molar-refractivity contribution < 1.29 is 34.8 Å². The molecule has 0 aliphatic carbocycles. The summed E-state index contributed by atoms with van der Waals surface area (Å²) in [6, 6.07) is 14.5. The van der Waals surface area contributed by atoms with Gasteiger partial charge < -0.3 is 25.7 Å². The third-order valence-corrected chi connectivity index (χ3v) is 4.93. The molecule has 1 unspecified atom stereocenters. The molecule has 0 amide bonds. The highest BCUT2D eigenvalue weighted by Crippen LogP contribution is 2.21. The Bertz CT molecular complexity index is 876. The van der Waals surface area contributed by atoms with Gasteiger partial charge in [0.25, 0.3) is 0 Å². The Hall–Kier alpha value is -2.94. The fraction of sp³-hybridized carbons (Fsp3) is 0.348. The largest absolute Gasteiger partial charge is 0.478 e. The predicted octanol–water partition coefficient (Wildman–Crippen LogP) is 3.62. The normalized spacial score (nSPS) is 11.2. The third-order valence-electron chi connectivity index (χ3n) is 4.58. The number of aryl methyl sites for hydroxylation is 1. The van der Waals surface area contributed by atoms with Gasteiger partial charge in [-0.15, -0.1) is 0 Å². The smallest absolute Gasteiger partial charge is 0.414 e. The molecule has 174 valence electrons. The molecule has 32 heavy (non-hydrogen) atoms. The van der Waals surface area contributed by atoms with Gasteiger partial charge in [0.05, 0.1) is 11.7 Å². The molecule has 0 saturated carbocycles. The molecule has 2 aromatic rings. The van der Waals surface area contributed by atoms with Gasteiger partial charge in [-0.05, 0) is 43.5 Å². The molecule has 2 aromatic carbocycles. The number of benzene rings is 2. The first kappa shape index (κ1) is 27.1. The lowest BCUT2D eigenvalue weighted by Gasteiger charge is -2.13. The Labute approximate surface area is 191 Å². The van der Waals surface area contributed by atoms with Crippen molar-refractivity contribution in [3.05, 3.63) is 70.2 Å². The van der Waals surface area contributed by atoms with E-state index in [-0.39, 0.29) is 0 Å². The second-order valence-electron chi connectivity index (χ2n) is 6.98. The molecule has 2 rings (SSSR count).